The number of benzene rings is 2. The molecule has 1 aliphatic rings. The Morgan fingerprint density at radius 2 is 1.92 bits per heavy atom. The number of pyridine rings is 1. The number of fused-ring (bicyclic) bond motifs is 1. The van der Waals surface area contributed by atoms with E-state index in [1.54, 1.807) is 18.3 Å². The number of aromatic nitrogens is 1. The Balaban J connectivity index is 1.58. The molecule has 1 aromatic heterocycles. The van der Waals surface area contributed by atoms with Crippen LogP contribution < -0.4 is 5.32 Å². The van der Waals surface area contributed by atoms with Crippen molar-refractivity contribution in [3.8, 4) is 0 Å². The molecule has 2 atom stereocenters. The topological polar surface area (TPSA) is 45.2 Å². The van der Waals surface area contributed by atoms with Crippen molar-refractivity contribution in [3.05, 3.63) is 72.2 Å². The zero-order chi connectivity index (χ0) is 17.4. The molecule has 25 heavy (non-hydrogen) atoms. The van der Waals surface area contributed by atoms with Crippen LogP contribution in [0.4, 0.5) is 10.1 Å². The van der Waals surface area contributed by atoms with Crippen LogP contribution >= 0.6 is 0 Å². The maximum absolute atomic E-state index is 13.1. The van der Waals surface area contributed by atoms with E-state index in [1.807, 2.05) is 42.3 Å². The Labute approximate surface area is 145 Å². The first kappa shape index (κ1) is 15.7. The van der Waals surface area contributed by atoms with Gasteiger partial charge in [0.25, 0.3) is 0 Å². The number of nitrogens with zero attached hydrogens (tertiary/aromatic N) is 2. The van der Waals surface area contributed by atoms with Gasteiger partial charge >= 0.3 is 0 Å². The van der Waals surface area contributed by atoms with Crippen molar-refractivity contribution in [3.63, 3.8) is 0 Å². The molecule has 0 saturated carbocycles. The summed E-state index contributed by atoms with van der Waals surface area (Å²) in [6.45, 7) is 0.775. The van der Waals surface area contributed by atoms with E-state index in [0.29, 0.717) is 5.69 Å². The average Bonchev–Trinajstić information content (AvgIpc) is 2.61. The van der Waals surface area contributed by atoms with Gasteiger partial charge in [0.05, 0.1) is 17.2 Å². The molecule has 1 fully saturated rings. The molecule has 0 bridgehead atoms. The number of likely N-dealkylation sites (tertiary alicyclic amines) is 1. The lowest BCUT2D eigenvalue weighted by Crippen LogP contribution is -2.58. The molecule has 2 aromatic carbocycles. The van der Waals surface area contributed by atoms with E-state index in [1.165, 1.54) is 12.1 Å². The van der Waals surface area contributed by atoms with E-state index < -0.39 is 0 Å². The van der Waals surface area contributed by atoms with Crippen molar-refractivity contribution < 1.29 is 9.18 Å². The molecule has 3 aromatic rings. The fourth-order valence-corrected chi connectivity index (χ4v) is 3.49. The number of anilines is 1. The molecule has 0 aliphatic carbocycles. The highest BCUT2D eigenvalue weighted by atomic mass is 19.1. The standard InChI is InChI=1S/C20H18FN3O/c1-24-12-16(13-7-9-15(21)10-8-13)19(24)20(25)23-17-6-2-4-14-5-3-11-22-18(14)17/h2-11,16,19H,12H2,1H3,(H,23,25). The lowest BCUT2D eigenvalue weighted by atomic mass is 9.82. The van der Waals surface area contributed by atoms with Crippen molar-refractivity contribution in [2.45, 2.75) is 12.0 Å². The lowest BCUT2D eigenvalue weighted by Gasteiger charge is -2.45. The number of hydrogen-bond acceptors (Lipinski definition) is 3. The van der Waals surface area contributed by atoms with Crippen LogP contribution in [0.3, 0.4) is 0 Å². The summed E-state index contributed by atoms with van der Waals surface area (Å²) in [6, 6.07) is 15.7. The van der Waals surface area contributed by atoms with Crippen LogP contribution in [-0.2, 0) is 4.79 Å². The van der Waals surface area contributed by atoms with Crippen LogP contribution in [0.5, 0.6) is 0 Å². The molecule has 0 radical (unpaired) electrons. The monoisotopic (exact) mass is 335 g/mol. The maximum atomic E-state index is 13.1. The summed E-state index contributed by atoms with van der Waals surface area (Å²) in [5, 5.41) is 3.99. The molecule has 1 aliphatic heterocycles. The Morgan fingerprint density at radius 1 is 1.16 bits per heavy atom. The molecule has 2 unspecified atom stereocenters. The van der Waals surface area contributed by atoms with Gasteiger partial charge in [-0.15, -0.1) is 0 Å². The van der Waals surface area contributed by atoms with Gasteiger partial charge in [-0.2, -0.15) is 0 Å². The van der Waals surface area contributed by atoms with Gasteiger partial charge in [0.15, 0.2) is 0 Å². The number of nitrogens with one attached hydrogen (secondary N) is 1. The minimum Gasteiger partial charge on any atom is -0.323 e. The van der Waals surface area contributed by atoms with Crippen molar-refractivity contribution in [1.29, 1.82) is 0 Å². The van der Waals surface area contributed by atoms with Gasteiger partial charge in [0.1, 0.15) is 5.82 Å². The van der Waals surface area contributed by atoms with Crippen molar-refractivity contribution in [1.82, 2.24) is 9.88 Å². The Kier molecular flexibility index (Phi) is 3.93. The summed E-state index contributed by atoms with van der Waals surface area (Å²) in [7, 11) is 1.92. The van der Waals surface area contributed by atoms with E-state index in [0.717, 1.165) is 23.0 Å². The predicted molar refractivity (Wildman–Crippen MR) is 95.9 cm³/mol. The van der Waals surface area contributed by atoms with E-state index in [4.69, 9.17) is 0 Å². The SMILES string of the molecule is CN1CC(c2ccc(F)cc2)C1C(=O)Nc1cccc2cccnc12. The summed E-state index contributed by atoms with van der Waals surface area (Å²) in [4.78, 5) is 19.2. The quantitative estimate of drug-likeness (QED) is 0.798. The third-order valence-corrected chi connectivity index (χ3v) is 4.80. The molecule has 1 saturated heterocycles. The summed E-state index contributed by atoms with van der Waals surface area (Å²) < 4.78 is 13.1. The Bertz CT molecular complexity index is 920. The second-order valence-corrected chi connectivity index (χ2v) is 6.41. The first-order chi connectivity index (χ1) is 12.1. The highest BCUT2D eigenvalue weighted by Crippen LogP contribution is 2.34. The van der Waals surface area contributed by atoms with Gasteiger partial charge < -0.3 is 5.32 Å². The van der Waals surface area contributed by atoms with Crippen molar-refractivity contribution in [2.24, 2.45) is 0 Å². The predicted octanol–water partition coefficient (Wildman–Crippen LogP) is 3.41. The highest BCUT2D eigenvalue weighted by Gasteiger charge is 2.42. The minimum atomic E-state index is -0.274. The van der Waals surface area contributed by atoms with Crippen LogP contribution in [0.2, 0.25) is 0 Å². The largest absolute Gasteiger partial charge is 0.323 e. The number of hydrogen-bond donors (Lipinski definition) is 1. The van der Waals surface area contributed by atoms with Crippen molar-refractivity contribution in [2.75, 3.05) is 18.9 Å². The van der Waals surface area contributed by atoms with E-state index in [2.05, 4.69) is 10.3 Å². The molecule has 126 valence electrons. The van der Waals surface area contributed by atoms with Crippen molar-refractivity contribution >= 4 is 22.5 Å². The fraction of sp³-hybridized carbons (Fsp3) is 0.200. The molecule has 2 heterocycles. The molecule has 0 spiro atoms. The second kappa shape index (κ2) is 6.26. The first-order valence-electron chi connectivity index (χ1n) is 8.24. The maximum Gasteiger partial charge on any atom is 0.242 e. The summed E-state index contributed by atoms with van der Waals surface area (Å²) in [5.41, 5.74) is 2.47. The number of halogens is 1. The summed E-state index contributed by atoms with van der Waals surface area (Å²) in [5.74, 6) is -0.269. The van der Waals surface area contributed by atoms with Crippen LogP contribution in [0, 0.1) is 5.82 Å². The van der Waals surface area contributed by atoms with Gasteiger partial charge in [-0.3, -0.25) is 14.7 Å². The lowest BCUT2D eigenvalue weighted by molar-refractivity contribution is -0.125. The van der Waals surface area contributed by atoms with Crippen LogP contribution in [-0.4, -0.2) is 35.4 Å². The summed E-state index contributed by atoms with van der Waals surface area (Å²) in [6.07, 6.45) is 1.72. The Morgan fingerprint density at radius 3 is 2.68 bits per heavy atom. The van der Waals surface area contributed by atoms with Crippen LogP contribution in [0.1, 0.15) is 11.5 Å². The number of amides is 1. The number of rotatable bonds is 3. The summed E-state index contributed by atoms with van der Waals surface area (Å²) >= 11 is 0. The fourth-order valence-electron chi connectivity index (χ4n) is 3.49. The smallest absolute Gasteiger partial charge is 0.242 e. The normalized spacial score (nSPS) is 20.2. The molecule has 1 N–H and O–H groups in total. The molecule has 4 rings (SSSR count). The van der Waals surface area contributed by atoms with E-state index in [9.17, 15) is 9.18 Å². The Hall–Kier alpha value is -2.79. The molecular weight excluding hydrogens is 317 g/mol. The molecule has 1 amide bonds. The number of para-hydroxylation sites is 1. The highest BCUT2D eigenvalue weighted by molar-refractivity contribution is 6.03. The third kappa shape index (κ3) is 2.87. The van der Waals surface area contributed by atoms with Crippen LogP contribution in [0.25, 0.3) is 10.9 Å². The third-order valence-electron chi connectivity index (χ3n) is 4.80. The number of carbonyl (C=O) groups excluding carboxylic acids is 1. The first-order valence-corrected chi connectivity index (χ1v) is 8.24. The van der Waals surface area contributed by atoms with Gasteiger partial charge in [-0.25, -0.2) is 4.39 Å². The molecule has 4 nitrogen and oxygen atoms in total. The minimum absolute atomic E-state index is 0.0635. The van der Waals surface area contributed by atoms with Gasteiger partial charge in [-0.1, -0.05) is 30.3 Å². The second-order valence-electron chi connectivity index (χ2n) is 6.41. The molecular formula is C20H18FN3O. The van der Waals surface area contributed by atoms with Gasteiger partial charge in [0.2, 0.25) is 5.91 Å². The average molecular weight is 335 g/mol. The van der Waals surface area contributed by atoms with Crippen LogP contribution in [0.15, 0.2) is 60.8 Å². The van der Waals surface area contributed by atoms with Gasteiger partial charge in [-0.05, 0) is 36.9 Å². The zero-order valence-electron chi connectivity index (χ0n) is 13.8. The van der Waals surface area contributed by atoms with E-state index >= 15 is 0 Å². The zero-order valence-corrected chi connectivity index (χ0v) is 13.8. The number of carbonyl (C=O) groups is 1. The number of likely N-dealkylation sites (N-methyl/N-ethyl adjacent to an activating group) is 1. The van der Waals surface area contributed by atoms with E-state index in [-0.39, 0.29) is 23.7 Å². The van der Waals surface area contributed by atoms with Gasteiger partial charge in [0, 0.05) is 24.0 Å². The molecule has 5 heteroatoms.